The molecule has 0 amide bonds. The molecule has 0 bridgehead atoms. The Hall–Kier alpha value is -2.93. The summed E-state index contributed by atoms with van der Waals surface area (Å²) in [6.07, 6.45) is 3.59. The zero-order valence-corrected chi connectivity index (χ0v) is 15.6. The second-order valence-electron chi connectivity index (χ2n) is 5.85. The van der Waals surface area contributed by atoms with Crippen LogP contribution in [-0.4, -0.2) is 41.4 Å². The highest BCUT2D eigenvalue weighted by molar-refractivity contribution is 7.99. The molecule has 1 aliphatic heterocycles. The lowest BCUT2D eigenvalue weighted by atomic mass is 10.1. The maximum Gasteiger partial charge on any atom is 0.173 e. The number of carbonyl (C=O) groups excluding carboxylic acids is 1. The number of benzene rings is 2. The van der Waals surface area contributed by atoms with Gasteiger partial charge in [-0.15, -0.1) is 0 Å². The second-order valence-corrected chi connectivity index (χ2v) is 6.79. The normalized spacial score (nSPS) is 12.6. The van der Waals surface area contributed by atoms with Crippen LogP contribution in [0.15, 0.2) is 60.0 Å². The van der Waals surface area contributed by atoms with Crippen molar-refractivity contribution in [1.29, 1.82) is 0 Å². The molecule has 0 fully saturated rings. The maximum absolute atomic E-state index is 12.6. The van der Waals surface area contributed by atoms with E-state index in [1.54, 1.807) is 31.5 Å². The van der Waals surface area contributed by atoms with Gasteiger partial charge < -0.3 is 14.2 Å². The van der Waals surface area contributed by atoms with Crippen molar-refractivity contribution in [3.05, 3.63) is 60.4 Å². The minimum absolute atomic E-state index is 0.0113. The highest BCUT2D eigenvalue weighted by Gasteiger charge is 2.16. The molecule has 1 aliphatic rings. The van der Waals surface area contributed by atoms with Gasteiger partial charge in [-0.1, -0.05) is 17.8 Å². The summed E-state index contributed by atoms with van der Waals surface area (Å²) in [4.78, 5) is 17.0. The number of aromatic nitrogens is 2. The lowest BCUT2D eigenvalue weighted by molar-refractivity contribution is 0.102. The Morgan fingerprint density at radius 3 is 2.89 bits per heavy atom. The standard InChI is InChI=1S/C20H18N2O4S/c1-24-16-4-2-3-15(12-16)22-8-7-21-20(22)27-13-17(23)14-5-6-18-19(11-14)26-10-9-25-18/h2-8,11-12H,9-10,13H2,1H3. The fraction of sp³-hybridized carbons (Fsp3) is 0.200. The lowest BCUT2D eigenvalue weighted by Gasteiger charge is -2.18. The molecule has 0 aliphatic carbocycles. The number of ether oxygens (including phenoxy) is 3. The van der Waals surface area contributed by atoms with Gasteiger partial charge in [0.25, 0.3) is 0 Å². The van der Waals surface area contributed by atoms with E-state index in [-0.39, 0.29) is 11.5 Å². The van der Waals surface area contributed by atoms with Crippen molar-refractivity contribution in [1.82, 2.24) is 9.55 Å². The third kappa shape index (κ3) is 3.78. The number of nitrogens with zero attached hydrogens (tertiary/aromatic N) is 2. The molecular weight excluding hydrogens is 364 g/mol. The zero-order chi connectivity index (χ0) is 18.6. The average Bonchev–Trinajstić information content (AvgIpc) is 3.20. The first-order chi connectivity index (χ1) is 13.2. The molecule has 4 rings (SSSR count). The van der Waals surface area contributed by atoms with E-state index in [4.69, 9.17) is 14.2 Å². The van der Waals surface area contributed by atoms with Crippen molar-refractivity contribution < 1.29 is 19.0 Å². The number of ketones is 1. The number of rotatable bonds is 6. The number of fused-ring (bicyclic) bond motifs is 1. The minimum Gasteiger partial charge on any atom is -0.497 e. The van der Waals surface area contributed by atoms with Crippen molar-refractivity contribution >= 4 is 17.5 Å². The van der Waals surface area contributed by atoms with Crippen LogP contribution in [0.5, 0.6) is 17.2 Å². The van der Waals surface area contributed by atoms with Crippen molar-refractivity contribution in [2.75, 3.05) is 26.1 Å². The molecule has 0 saturated heterocycles. The molecule has 2 heterocycles. The van der Waals surface area contributed by atoms with Gasteiger partial charge in [0.1, 0.15) is 19.0 Å². The molecule has 6 nitrogen and oxygen atoms in total. The van der Waals surface area contributed by atoms with Crippen LogP contribution in [-0.2, 0) is 0 Å². The fourth-order valence-electron chi connectivity index (χ4n) is 2.78. The summed E-state index contributed by atoms with van der Waals surface area (Å²) in [6.45, 7) is 1.03. The molecular formula is C20H18N2O4S. The summed E-state index contributed by atoms with van der Waals surface area (Å²) in [7, 11) is 1.63. The Morgan fingerprint density at radius 2 is 2.04 bits per heavy atom. The first kappa shape index (κ1) is 17.5. The molecule has 0 N–H and O–H groups in total. The molecule has 3 aromatic rings. The summed E-state index contributed by atoms with van der Waals surface area (Å²) in [5.41, 5.74) is 1.53. The molecule has 2 aromatic carbocycles. The van der Waals surface area contributed by atoms with Gasteiger partial charge in [-0.05, 0) is 30.3 Å². The zero-order valence-electron chi connectivity index (χ0n) is 14.8. The summed E-state index contributed by atoms with van der Waals surface area (Å²) in [5.74, 6) is 2.36. The van der Waals surface area contributed by atoms with Gasteiger partial charge >= 0.3 is 0 Å². The van der Waals surface area contributed by atoms with Crippen LogP contribution < -0.4 is 14.2 Å². The van der Waals surface area contributed by atoms with Crippen LogP contribution in [0.2, 0.25) is 0 Å². The van der Waals surface area contributed by atoms with E-state index in [1.165, 1.54) is 11.8 Å². The molecule has 0 unspecified atom stereocenters. The largest absolute Gasteiger partial charge is 0.497 e. The minimum atomic E-state index is 0.0113. The van der Waals surface area contributed by atoms with Gasteiger partial charge in [0.2, 0.25) is 0 Å². The van der Waals surface area contributed by atoms with Crippen LogP contribution in [0, 0.1) is 0 Å². The fourth-order valence-corrected chi connectivity index (χ4v) is 3.65. The van der Waals surface area contributed by atoms with Gasteiger partial charge in [-0.2, -0.15) is 0 Å². The summed E-state index contributed by atoms with van der Waals surface area (Å²) < 4.78 is 18.3. The number of hydrogen-bond acceptors (Lipinski definition) is 6. The Labute approximate surface area is 161 Å². The predicted molar refractivity (Wildman–Crippen MR) is 103 cm³/mol. The quantitative estimate of drug-likeness (QED) is 0.479. The molecule has 0 radical (unpaired) electrons. The maximum atomic E-state index is 12.6. The van der Waals surface area contributed by atoms with Crippen LogP contribution >= 0.6 is 11.8 Å². The molecule has 0 saturated carbocycles. The smallest absolute Gasteiger partial charge is 0.173 e. The molecule has 0 spiro atoms. The summed E-state index contributed by atoms with van der Waals surface area (Å²) in [5, 5.41) is 0.745. The van der Waals surface area contributed by atoms with E-state index in [2.05, 4.69) is 4.98 Å². The third-order valence-corrected chi connectivity index (χ3v) is 5.10. The van der Waals surface area contributed by atoms with Crippen LogP contribution in [0.25, 0.3) is 5.69 Å². The van der Waals surface area contributed by atoms with E-state index in [1.807, 2.05) is 35.0 Å². The van der Waals surface area contributed by atoms with Gasteiger partial charge in [0.05, 0.1) is 18.6 Å². The summed E-state index contributed by atoms with van der Waals surface area (Å²) in [6, 6.07) is 13.0. The van der Waals surface area contributed by atoms with Crippen LogP contribution in [0.4, 0.5) is 0 Å². The van der Waals surface area contributed by atoms with Crippen LogP contribution in [0.1, 0.15) is 10.4 Å². The van der Waals surface area contributed by atoms with Crippen molar-refractivity contribution in [3.8, 4) is 22.9 Å². The molecule has 138 valence electrons. The molecule has 7 heteroatoms. The van der Waals surface area contributed by atoms with E-state index in [9.17, 15) is 4.79 Å². The van der Waals surface area contributed by atoms with E-state index >= 15 is 0 Å². The van der Waals surface area contributed by atoms with Gasteiger partial charge in [-0.3, -0.25) is 9.36 Å². The van der Waals surface area contributed by atoms with E-state index in [0.29, 0.717) is 30.3 Å². The number of Topliss-reactive ketones (excluding diaryl/α,β-unsaturated/α-hetero) is 1. The van der Waals surface area contributed by atoms with E-state index < -0.39 is 0 Å². The van der Waals surface area contributed by atoms with Crippen molar-refractivity contribution in [3.63, 3.8) is 0 Å². The topological polar surface area (TPSA) is 62.6 Å². The van der Waals surface area contributed by atoms with Gasteiger partial charge in [-0.25, -0.2) is 4.98 Å². The highest BCUT2D eigenvalue weighted by Crippen LogP contribution is 2.31. The summed E-state index contributed by atoms with van der Waals surface area (Å²) >= 11 is 1.39. The Kier molecular flexibility index (Phi) is 5.02. The number of carbonyl (C=O) groups is 1. The number of hydrogen-bond donors (Lipinski definition) is 0. The Bertz CT molecular complexity index is 970. The van der Waals surface area contributed by atoms with Gasteiger partial charge in [0, 0.05) is 24.0 Å². The van der Waals surface area contributed by atoms with Gasteiger partial charge in [0.15, 0.2) is 22.4 Å². The average molecular weight is 382 g/mol. The lowest BCUT2D eigenvalue weighted by Crippen LogP contribution is -2.16. The number of imidazole rings is 1. The first-order valence-corrected chi connectivity index (χ1v) is 9.46. The molecule has 1 aromatic heterocycles. The Morgan fingerprint density at radius 1 is 1.19 bits per heavy atom. The predicted octanol–water partition coefficient (Wildman–Crippen LogP) is 3.63. The van der Waals surface area contributed by atoms with Crippen LogP contribution in [0.3, 0.4) is 0 Å². The third-order valence-electron chi connectivity index (χ3n) is 4.13. The number of methoxy groups -OCH3 is 1. The molecule has 0 atom stereocenters. The first-order valence-electron chi connectivity index (χ1n) is 8.48. The Balaban J connectivity index is 1.48. The second kappa shape index (κ2) is 7.75. The van der Waals surface area contributed by atoms with Crippen molar-refractivity contribution in [2.45, 2.75) is 5.16 Å². The van der Waals surface area contributed by atoms with E-state index in [0.717, 1.165) is 16.6 Å². The molecule has 27 heavy (non-hydrogen) atoms. The SMILES string of the molecule is COc1cccc(-n2ccnc2SCC(=O)c2ccc3c(c2)OCCO3)c1. The monoisotopic (exact) mass is 382 g/mol. The van der Waals surface area contributed by atoms with Crippen molar-refractivity contribution in [2.24, 2.45) is 0 Å². The highest BCUT2D eigenvalue weighted by atomic mass is 32.2. The number of thioether (sulfide) groups is 1.